The van der Waals surface area contributed by atoms with Crippen molar-refractivity contribution in [1.82, 2.24) is 14.8 Å². The first kappa shape index (κ1) is 22.2. The Morgan fingerprint density at radius 2 is 1.53 bits per heavy atom. The molecule has 0 saturated carbocycles. The zero-order valence-corrected chi connectivity index (χ0v) is 19.3. The van der Waals surface area contributed by atoms with Crippen molar-refractivity contribution in [1.29, 1.82) is 0 Å². The highest BCUT2D eigenvalue weighted by Gasteiger charge is 2.23. The Labute approximate surface area is 193 Å². The molecule has 5 nitrogen and oxygen atoms in total. The minimum absolute atomic E-state index is 0.124. The van der Waals surface area contributed by atoms with Gasteiger partial charge in [-0.15, -0.1) is 11.3 Å². The number of aromatic nitrogens is 1. The van der Waals surface area contributed by atoms with E-state index in [1.807, 2.05) is 59.2 Å². The van der Waals surface area contributed by atoms with Crippen LogP contribution in [-0.2, 0) is 22.4 Å². The lowest BCUT2D eigenvalue weighted by atomic mass is 10.1. The highest BCUT2D eigenvalue weighted by molar-refractivity contribution is 7.09. The summed E-state index contributed by atoms with van der Waals surface area (Å²) >= 11 is 1.64. The molecule has 0 atom stereocenters. The fraction of sp³-hybridized carbons (Fsp3) is 0.346. The second kappa shape index (κ2) is 10.6. The molecule has 1 aromatic heterocycles. The van der Waals surface area contributed by atoms with E-state index >= 15 is 0 Å². The molecular weight excluding hydrogens is 418 g/mol. The molecule has 0 N–H and O–H groups in total. The molecule has 2 heterocycles. The van der Waals surface area contributed by atoms with Crippen molar-refractivity contribution < 1.29 is 9.59 Å². The SMILES string of the molecule is Cc1nc(-c2ccc(CC(=O)N3CCN(C(=O)CCCc4ccccc4)CC3)cc2)cs1. The Kier molecular flexibility index (Phi) is 7.32. The molecule has 2 amide bonds. The van der Waals surface area contributed by atoms with Crippen molar-refractivity contribution in [3.63, 3.8) is 0 Å². The van der Waals surface area contributed by atoms with Crippen molar-refractivity contribution in [2.45, 2.75) is 32.6 Å². The molecule has 3 aromatic rings. The molecular formula is C26H29N3O2S. The number of hydrogen-bond acceptors (Lipinski definition) is 4. The lowest BCUT2D eigenvalue weighted by Gasteiger charge is -2.35. The molecule has 4 rings (SSSR count). The van der Waals surface area contributed by atoms with Gasteiger partial charge in [0.05, 0.1) is 17.1 Å². The summed E-state index contributed by atoms with van der Waals surface area (Å²) in [5, 5.41) is 3.10. The Bertz CT molecular complexity index is 1040. The van der Waals surface area contributed by atoms with E-state index < -0.39 is 0 Å². The van der Waals surface area contributed by atoms with E-state index in [1.54, 1.807) is 11.3 Å². The van der Waals surface area contributed by atoms with Gasteiger partial charge in [0.2, 0.25) is 11.8 Å². The largest absolute Gasteiger partial charge is 0.339 e. The van der Waals surface area contributed by atoms with E-state index in [1.165, 1.54) is 5.56 Å². The van der Waals surface area contributed by atoms with Crippen molar-refractivity contribution in [2.24, 2.45) is 0 Å². The van der Waals surface area contributed by atoms with Gasteiger partial charge in [0, 0.05) is 43.5 Å². The zero-order valence-electron chi connectivity index (χ0n) is 18.5. The molecule has 2 aromatic carbocycles. The van der Waals surface area contributed by atoms with Crippen LogP contribution in [0.5, 0.6) is 0 Å². The summed E-state index contributed by atoms with van der Waals surface area (Å²) in [7, 11) is 0. The third-order valence-corrected chi connectivity index (χ3v) is 6.68. The maximum absolute atomic E-state index is 12.7. The van der Waals surface area contributed by atoms with Crippen molar-refractivity contribution >= 4 is 23.2 Å². The summed E-state index contributed by atoms with van der Waals surface area (Å²) < 4.78 is 0. The minimum Gasteiger partial charge on any atom is -0.339 e. The van der Waals surface area contributed by atoms with Gasteiger partial charge >= 0.3 is 0 Å². The van der Waals surface area contributed by atoms with E-state index in [4.69, 9.17) is 0 Å². The first-order chi connectivity index (χ1) is 15.6. The van der Waals surface area contributed by atoms with Crippen molar-refractivity contribution in [3.05, 3.63) is 76.1 Å². The number of thiazole rings is 1. The average molecular weight is 448 g/mol. The fourth-order valence-electron chi connectivity index (χ4n) is 4.03. The molecule has 0 unspecified atom stereocenters. The molecule has 0 aliphatic carbocycles. The average Bonchev–Trinajstić information content (AvgIpc) is 3.26. The quantitative estimate of drug-likeness (QED) is 0.541. The first-order valence-electron chi connectivity index (χ1n) is 11.2. The van der Waals surface area contributed by atoms with Crippen LogP contribution in [0.3, 0.4) is 0 Å². The Morgan fingerprint density at radius 3 is 2.16 bits per heavy atom. The van der Waals surface area contributed by atoms with Gasteiger partial charge in [0.25, 0.3) is 0 Å². The van der Waals surface area contributed by atoms with Crippen molar-refractivity contribution in [2.75, 3.05) is 26.2 Å². The maximum atomic E-state index is 12.7. The zero-order chi connectivity index (χ0) is 22.3. The summed E-state index contributed by atoms with van der Waals surface area (Å²) in [5.41, 5.74) is 4.33. The smallest absolute Gasteiger partial charge is 0.227 e. The fourth-order valence-corrected chi connectivity index (χ4v) is 4.65. The highest BCUT2D eigenvalue weighted by atomic mass is 32.1. The van der Waals surface area contributed by atoms with Gasteiger partial charge < -0.3 is 9.80 Å². The number of piperazine rings is 1. The molecule has 1 aliphatic rings. The number of nitrogens with zero attached hydrogens (tertiary/aromatic N) is 3. The van der Waals surface area contributed by atoms with Crippen LogP contribution in [0.25, 0.3) is 11.3 Å². The van der Waals surface area contributed by atoms with Crippen LogP contribution in [-0.4, -0.2) is 52.8 Å². The molecule has 1 saturated heterocycles. The van der Waals surface area contributed by atoms with Crippen LogP contribution >= 0.6 is 11.3 Å². The topological polar surface area (TPSA) is 53.5 Å². The number of aryl methyl sites for hydroxylation is 2. The van der Waals surface area contributed by atoms with Gasteiger partial charge in [-0.2, -0.15) is 0 Å². The Balaban J connectivity index is 1.20. The lowest BCUT2D eigenvalue weighted by molar-refractivity contribution is -0.139. The summed E-state index contributed by atoms with van der Waals surface area (Å²) in [4.78, 5) is 33.6. The number of carbonyl (C=O) groups is 2. The second-order valence-electron chi connectivity index (χ2n) is 8.23. The molecule has 0 bridgehead atoms. The normalized spacial score (nSPS) is 13.9. The molecule has 6 heteroatoms. The third kappa shape index (κ3) is 5.82. The van der Waals surface area contributed by atoms with Crippen molar-refractivity contribution in [3.8, 4) is 11.3 Å². The Hall–Kier alpha value is -2.99. The van der Waals surface area contributed by atoms with Crippen LogP contribution in [0.1, 0.15) is 29.0 Å². The highest BCUT2D eigenvalue weighted by Crippen LogP contribution is 2.22. The second-order valence-corrected chi connectivity index (χ2v) is 9.29. The van der Waals surface area contributed by atoms with Gasteiger partial charge in [-0.1, -0.05) is 54.6 Å². The van der Waals surface area contributed by atoms with Gasteiger partial charge in [-0.05, 0) is 30.9 Å². The van der Waals surface area contributed by atoms with Crippen LogP contribution in [0.2, 0.25) is 0 Å². The maximum Gasteiger partial charge on any atom is 0.227 e. The van der Waals surface area contributed by atoms with E-state index in [9.17, 15) is 9.59 Å². The Morgan fingerprint density at radius 1 is 0.875 bits per heavy atom. The standard InChI is InChI=1S/C26H29N3O2S/c1-20-27-24(19-32-20)23-12-10-22(11-13-23)18-26(31)29-16-14-28(15-17-29)25(30)9-5-8-21-6-3-2-4-7-21/h2-4,6-7,10-13,19H,5,8-9,14-18H2,1H3. The summed E-state index contributed by atoms with van der Waals surface area (Å²) in [6, 6.07) is 18.3. The van der Waals surface area contributed by atoms with Gasteiger partial charge in [-0.25, -0.2) is 4.98 Å². The molecule has 0 radical (unpaired) electrons. The molecule has 1 fully saturated rings. The molecule has 1 aliphatic heterocycles. The number of hydrogen-bond donors (Lipinski definition) is 0. The van der Waals surface area contributed by atoms with Crippen LogP contribution in [0.15, 0.2) is 60.0 Å². The summed E-state index contributed by atoms with van der Waals surface area (Å²) in [6.45, 7) is 4.47. The minimum atomic E-state index is 0.124. The molecule has 166 valence electrons. The number of benzene rings is 2. The summed E-state index contributed by atoms with van der Waals surface area (Å²) in [6.07, 6.45) is 2.74. The predicted molar refractivity (Wildman–Crippen MR) is 129 cm³/mol. The predicted octanol–water partition coefficient (Wildman–Crippen LogP) is 4.35. The van der Waals surface area contributed by atoms with Gasteiger partial charge in [0.1, 0.15) is 0 Å². The number of amides is 2. The monoisotopic (exact) mass is 447 g/mol. The van der Waals surface area contributed by atoms with E-state index in [2.05, 4.69) is 22.5 Å². The lowest BCUT2D eigenvalue weighted by Crippen LogP contribution is -2.51. The molecule has 0 spiro atoms. The number of carbonyl (C=O) groups excluding carboxylic acids is 2. The van der Waals surface area contributed by atoms with Crippen LogP contribution < -0.4 is 0 Å². The van der Waals surface area contributed by atoms with E-state index in [0.717, 1.165) is 34.7 Å². The summed E-state index contributed by atoms with van der Waals surface area (Å²) in [5.74, 6) is 0.319. The number of rotatable bonds is 7. The van der Waals surface area contributed by atoms with Crippen LogP contribution in [0, 0.1) is 6.92 Å². The molecule has 32 heavy (non-hydrogen) atoms. The van der Waals surface area contributed by atoms with Crippen LogP contribution in [0.4, 0.5) is 0 Å². The third-order valence-electron chi connectivity index (χ3n) is 5.91. The van der Waals surface area contributed by atoms with E-state index in [0.29, 0.717) is 39.0 Å². The van der Waals surface area contributed by atoms with Gasteiger partial charge in [0.15, 0.2) is 0 Å². The van der Waals surface area contributed by atoms with Gasteiger partial charge in [-0.3, -0.25) is 9.59 Å². The first-order valence-corrected chi connectivity index (χ1v) is 12.1. The van der Waals surface area contributed by atoms with E-state index in [-0.39, 0.29) is 11.8 Å².